The highest BCUT2D eigenvalue weighted by atomic mass is 16.6. The molecule has 0 heterocycles. The van der Waals surface area contributed by atoms with Crippen molar-refractivity contribution in [1.29, 1.82) is 0 Å². The Morgan fingerprint density at radius 1 is 0.457 bits per heavy atom. The molecule has 4 heteroatoms. The lowest BCUT2D eigenvalue weighted by atomic mass is 10.0. The van der Waals surface area contributed by atoms with Crippen LogP contribution in [0.3, 0.4) is 0 Å². The predicted octanol–water partition coefficient (Wildman–Crippen LogP) is 7.94. The third-order valence-electron chi connectivity index (χ3n) is 5.63. The van der Waals surface area contributed by atoms with Crippen LogP contribution >= 0.6 is 0 Å². The minimum Gasteiger partial charge on any atom is -0.468 e. The van der Waals surface area contributed by atoms with Crippen LogP contribution in [0.4, 0.5) is 17.1 Å². The van der Waals surface area contributed by atoms with Crippen LogP contribution < -0.4 is 14.4 Å². The summed E-state index contributed by atoms with van der Waals surface area (Å²) in [5.41, 5.74) is 5.34. The van der Waals surface area contributed by atoms with Crippen LogP contribution in [0, 0.1) is 0 Å². The van der Waals surface area contributed by atoms with Gasteiger partial charge in [0.2, 0.25) is 0 Å². The van der Waals surface area contributed by atoms with Gasteiger partial charge in [-0.25, -0.2) is 0 Å². The average Bonchev–Trinajstić information content (AvgIpc) is 2.92. The highest BCUT2D eigenvalue weighted by Crippen LogP contribution is 2.36. The van der Waals surface area contributed by atoms with Crippen LogP contribution in [0.5, 0.6) is 17.2 Å². The Kier molecular flexibility index (Phi) is 6.74. The van der Waals surface area contributed by atoms with E-state index in [-0.39, 0.29) is 6.79 Å². The van der Waals surface area contributed by atoms with Gasteiger partial charge in [-0.3, -0.25) is 0 Å². The van der Waals surface area contributed by atoms with E-state index in [1.807, 2.05) is 84.9 Å². The maximum absolute atomic E-state index is 8.92. The van der Waals surface area contributed by atoms with Crippen LogP contribution in [0.25, 0.3) is 11.1 Å². The molecular weight excluding hydrogens is 434 g/mol. The zero-order valence-corrected chi connectivity index (χ0v) is 19.1. The number of anilines is 3. The van der Waals surface area contributed by atoms with E-state index in [4.69, 9.17) is 14.6 Å². The molecule has 0 saturated heterocycles. The maximum atomic E-state index is 8.92. The predicted molar refractivity (Wildman–Crippen MR) is 141 cm³/mol. The van der Waals surface area contributed by atoms with Crippen LogP contribution in [0.2, 0.25) is 0 Å². The van der Waals surface area contributed by atoms with Gasteiger partial charge in [-0.1, -0.05) is 60.7 Å². The van der Waals surface area contributed by atoms with E-state index in [9.17, 15) is 0 Å². The summed E-state index contributed by atoms with van der Waals surface area (Å²) in [6, 6.07) is 44.3. The summed E-state index contributed by atoms with van der Waals surface area (Å²) in [5, 5.41) is 8.92. The Morgan fingerprint density at radius 3 is 1.46 bits per heavy atom. The van der Waals surface area contributed by atoms with Crippen LogP contribution in [0.1, 0.15) is 0 Å². The first-order valence-corrected chi connectivity index (χ1v) is 11.4. The minimum absolute atomic E-state index is 0.331. The number of para-hydroxylation sites is 2. The molecule has 0 unspecified atom stereocenters. The number of nitrogens with zero attached hydrogens (tertiary/aromatic N) is 1. The van der Waals surface area contributed by atoms with E-state index in [2.05, 4.69) is 53.4 Å². The van der Waals surface area contributed by atoms with Crippen molar-refractivity contribution in [3.8, 4) is 28.4 Å². The standard InChI is InChI=1S/C31H25NO3/c33-23-34-29-19-13-25(14-20-29)24-11-15-27(16-12-24)32(26-7-3-1-4-8-26)28-17-21-31(22-18-28)35-30-9-5-2-6-10-30/h1-22,33H,23H2. The lowest BCUT2D eigenvalue weighted by molar-refractivity contribution is 0.0985. The fourth-order valence-electron chi connectivity index (χ4n) is 3.93. The quantitative estimate of drug-likeness (QED) is 0.239. The monoisotopic (exact) mass is 459 g/mol. The third-order valence-corrected chi connectivity index (χ3v) is 5.63. The number of aliphatic hydroxyl groups excluding tert-OH is 1. The Bertz CT molecular complexity index is 1340. The molecule has 0 aromatic heterocycles. The molecule has 0 bridgehead atoms. The molecule has 0 radical (unpaired) electrons. The fraction of sp³-hybridized carbons (Fsp3) is 0.0323. The van der Waals surface area contributed by atoms with Gasteiger partial charge in [-0.2, -0.15) is 0 Å². The van der Waals surface area contributed by atoms with Crippen molar-refractivity contribution in [2.75, 3.05) is 11.7 Å². The summed E-state index contributed by atoms with van der Waals surface area (Å²) in [7, 11) is 0. The molecule has 0 saturated carbocycles. The van der Waals surface area contributed by atoms with Crippen molar-refractivity contribution in [3.63, 3.8) is 0 Å². The summed E-state index contributed by atoms with van der Waals surface area (Å²) in [6.07, 6.45) is 0. The average molecular weight is 460 g/mol. The summed E-state index contributed by atoms with van der Waals surface area (Å²) >= 11 is 0. The summed E-state index contributed by atoms with van der Waals surface area (Å²) in [5.74, 6) is 2.24. The Labute approximate surface area is 205 Å². The van der Waals surface area contributed by atoms with Crippen LogP contribution in [0.15, 0.2) is 133 Å². The molecule has 5 rings (SSSR count). The van der Waals surface area contributed by atoms with Crippen molar-refractivity contribution in [2.24, 2.45) is 0 Å². The molecule has 0 fully saturated rings. The number of ether oxygens (including phenoxy) is 2. The van der Waals surface area contributed by atoms with Gasteiger partial charge < -0.3 is 19.5 Å². The van der Waals surface area contributed by atoms with Gasteiger partial charge in [-0.15, -0.1) is 0 Å². The molecule has 4 nitrogen and oxygen atoms in total. The second kappa shape index (κ2) is 10.6. The molecular formula is C31H25NO3. The first-order chi connectivity index (χ1) is 17.3. The van der Waals surface area contributed by atoms with Gasteiger partial charge in [-0.05, 0) is 83.9 Å². The minimum atomic E-state index is -0.331. The van der Waals surface area contributed by atoms with E-state index in [1.54, 1.807) is 0 Å². The molecule has 0 aliphatic heterocycles. The third kappa shape index (κ3) is 5.35. The number of aliphatic hydroxyl groups is 1. The van der Waals surface area contributed by atoms with Crippen molar-refractivity contribution in [1.82, 2.24) is 0 Å². The molecule has 1 N–H and O–H groups in total. The van der Waals surface area contributed by atoms with Gasteiger partial charge in [0.05, 0.1) is 0 Å². The molecule has 5 aromatic carbocycles. The number of hydrogen-bond donors (Lipinski definition) is 1. The van der Waals surface area contributed by atoms with Crippen molar-refractivity contribution in [2.45, 2.75) is 0 Å². The summed E-state index contributed by atoms with van der Waals surface area (Å²) in [4.78, 5) is 2.22. The van der Waals surface area contributed by atoms with Crippen molar-refractivity contribution >= 4 is 17.1 Å². The van der Waals surface area contributed by atoms with Crippen molar-refractivity contribution in [3.05, 3.63) is 133 Å². The van der Waals surface area contributed by atoms with Crippen LogP contribution in [-0.4, -0.2) is 11.9 Å². The lowest BCUT2D eigenvalue weighted by Gasteiger charge is -2.25. The summed E-state index contributed by atoms with van der Waals surface area (Å²) < 4.78 is 11.1. The fourth-order valence-corrected chi connectivity index (χ4v) is 3.93. The second-order valence-electron chi connectivity index (χ2n) is 7.92. The van der Waals surface area contributed by atoms with Crippen LogP contribution in [-0.2, 0) is 0 Å². The first kappa shape index (κ1) is 22.3. The lowest BCUT2D eigenvalue weighted by Crippen LogP contribution is -2.09. The van der Waals surface area contributed by atoms with Gasteiger partial charge in [0.25, 0.3) is 0 Å². The molecule has 0 aliphatic carbocycles. The molecule has 0 amide bonds. The smallest absolute Gasteiger partial charge is 0.186 e. The zero-order chi connectivity index (χ0) is 23.9. The Hall–Kier alpha value is -4.54. The Balaban J connectivity index is 1.42. The van der Waals surface area contributed by atoms with Gasteiger partial charge in [0, 0.05) is 17.1 Å². The second-order valence-corrected chi connectivity index (χ2v) is 7.92. The number of benzene rings is 5. The van der Waals surface area contributed by atoms with Gasteiger partial charge in [0.15, 0.2) is 6.79 Å². The zero-order valence-electron chi connectivity index (χ0n) is 19.1. The molecule has 5 aromatic rings. The SMILES string of the molecule is OCOc1ccc(-c2ccc(N(c3ccccc3)c3ccc(Oc4ccccc4)cc3)cc2)cc1. The van der Waals surface area contributed by atoms with Crippen molar-refractivity contribution < 1.29 is 14.6 Å². The van der Waals surface area contributed by atoms with E-state index < -0.39 is 0 Å². The maximum Gasteiger partial charge on any atom is 0.186 e. The molecule has 0 spiro atoms. The first-order valence-electron chi connectivity index (χ1n) is 11.4. The summed E-state index contributed by atoms with van der Waals surface area (Å²) in [6.45, 7) is -0.331. The molecule has 172 valence electrons. The van der Waals surface area contributed by atoms with Gasteiger partial charge >= 0.3 is 0 Å². The van der Waals surface area contributed by atoms with E-state index >= 15 is 0 Å². The largest absolute Gasteiger partial charge is 0.468 e. The molecule has 0 aliphatic rings. The topological polar surface area (TPSA) is 41.9 Å². The Morgan fingerprint density at radius 2 is 0.886 bits per heavy atom. The van der Waals surface area contributed by atoms with E-state index in [0.717, 1.165) is 39.7 Å². The van der Waals surface area contributed by atoms with E-state index in [1.165, 1.54) is 0 Å². The molecule has 0 atom stereocenters. The number of rotatable bonds is 8. The normalized spacial score (nSPS) is 10.5. The van der Waals surface area contributed by atoms with E-state index in [0.29, 0.717) is 5.75 Å². The molecule has 35 heavy (non-hydrogen) atoms. The number of hydrogen-bond acceptors (Lipinski definition) is 4. The highest BCUT2D eigenvalue weighted by Gasteiger charge is 2.13. The highest BCUT2D eigenvalue weighted by molar-refractivity contribution is 5.78. The van der Waals surface area contributed by atoms with Gasteiger partial charge in [0.1, 0.15) is 17.2 Å².